The van der Waals surface area contributed by atoms with E-state index in [4.69, 9.17) is 4.74 Å². The van der Waals surface area contributed by atoms with E-state index >= 15 is 0 Å². The summed E-state index contributed by atoms with van der Waals surface area (Å²) in [5.41, 5.74) is 1.43. The molecular weight excluding hydrogens is 228 g/mol. The van der Waals surface area contributed by atoms with Crippen LogP contribution in [0.2, 0.25) is 0 Å². The van der Waals surface area contributed by atoms with Crippen LogP contribution >= 0.6 is 0 Å². The van der Waals surface area contributed by atoms with E-state index in [9.17, 15) is 10.2 Å². The summed E-state index contributed by atoms with van der Waals surface area (Å²) in [5, 5.41) is 19.3. The van der Waals surface area contributed by atoms with Crippen LogP contribution in [0.3, 0.4) is 0 Å². The van der Waals surface area contributed by atoms with Crippen LogP contribution in [-0.2, 0) is 6.61 Å². The molecule has 1 unspecified atom stereocenters. The Morgan fingerprint density at radius 3 is 2.33 bits per heavy atom. The van der Waals surface area contributed by atoms with Gasteiger partial charge in [0.05, 0.1) is 6.61 Å². The zero-order valence-electron chi connectivity index (χ0n) is 9.99. The van der Waals surface area contributed by atoms with Gasteiger partial charge in [-0.25, -0.2) is 0 Å². The van der Waals surface area contributed by atoms with E-state index < -0.39 is 6.10 Å². The van der Waals surface area contributed by atoms with Gasteiger partial charge in [0.2, 0.25) is 0 Å². The zero-order chi connectivity index (χ0) is 12.8. The fourth-order valence-corrected chi connectivity index (χ4v) is 1.78. The molecule has 0 aromatic heterocycles. The number of rotatable bonds is 5. The number of ether oxygens (including phenoxy) is 1. The van der Waals surface area contributed by atoms with Gasteiger partial charge in [0.1, 0.15) is 18.5 Å². The molecule has 0 radical (unpaired) electrons. The second kappa shape index (κ2) is 6.19. The third-order valence-corrected chi connectivity index (χ3v) is 2.74. The summed E-state index contributed by atoms with van der Waals surface area (Å²) in [5.74, 6) is 0.720. The SMILES string of the molecule is OCc1ccccc1C(O)COc1ccccc1. The van der Waals surface area contributed by atoms with Crippen molar-refractivity contribution in [3.63, 3.8) is 0 Å². The van der Waals surface area contributed by atoms with Crippen molar-refractivity contribution in [3.05, 3.63) is 65.7 Å². The third kappa shape index (κ3) is 3.09. The fourth-order valence-electron chi connectivity index (χ4n) is 1.78. The lowest BCUT2D eigenvalue weighted by molar-refractivity contribution is 0.106. The van der Waals surface area contributed by atoms with Gasteiger partial charge in [-0.3, -0.25) is 0 Å². The molecule has 0 bridgehead atoms. The van der Waals surface area contributed by atoms with Crippen molar-refractivity contribution in [1.82, 2.24) is 0 Å². The predicted octanol–water partition coefficient (Wildman–Crippen LogP) is 2.29. The molecule has 3 nitrogen and oxygen atoms in total. The molecule has 0 amide bonds. The van der Waals surface area contributed by atoms with E-state index in [1.54, 1.807) is 12.1 Å². The zero-order valence-corrected chi connectivity index (χ0v) is 9.99. The van der Waals surface area contributed by atoms with Gasteiger partial charge in [-0.1, -0.05) is 42.5 Å². The van der Waals surface area contributed by atoms with Crippen LogP contribution in [0.15, 0.2) is 54.6 Å². The largest absolute Gasteiger partial charge is 0.491 e. The molecule has 94 valence electrons. The standard InChI is InChI=1S/C15H16O3/c16-10-12-6-4-5-9-14(12)15(17)11-18-13-7-2-1-3-8-13/h1-9,15-17H,10-11H2. The molecule has 0 aliphatic rings. The second-order valence-electron chi connectivity index (χ2n) is 4.00. The first-order valence-electron chi connectivity index (χ1n) is 5.86. The van der Waals surface area contributed by atoms with Crippen molar-refractivity contribution in [2.45, 2.75) is 12.7 Å². The van der Waals surface area contributed by atoms with Crippen LogP contribution in [0.4, 0.5) is 0 Å². The summed E-state index contributed by atoms with van der Waals surface area (Å²) >= 11 is 0. The maximum absolute atomic E-state index is 10.1. The first-order chi connectivity index (χ1) is 8.81. The van der Waals surface area contributed by atoms with Crippen LogP contribution in [0.1, 0.15) is 17.2 Å². The third-order valence-electron chi connectivity index (χ3n) is 2.74. The Morgan fingerprint density at radius 1 is 0.944 bits per heavy atom. The second-order valence-corrected chi connectivity index (χ2v) is 4.00. The summed E-state index contributed by atoms with van der Waals surface area (Å²) in [4.78, 5) is 0. The minimum absolute atomic E-state index is 0.0848. The minimum Gasteiger partial charge on any atom is -0.491 e. The molecule has 18 heavy (non-hydrogen) atoms. The highest BCUT2D eigenvalue weighted by atomic mass is 16.5. The van der Waals surface area contributed by atoms with Crippen LogP contribution in [0.25, 0.3) is 0 Å². The van der Waals surface area contributed by atoms with Gasteiger partial charge in [0.15, 0.2) is 0 Å². The first kappa shape index (κ1) is 12.6. The van der Waals surface area contributed by atoms with Gasteiger partial charge in [0.25, 0.3) is 0 Å². The van der Waals surface area contributed by atoms with Gasteiger partial charge in [0, 0.05) is 0 Å². The lowest BCUT2D eigenvalue weighted by Crippen LogP contribution is -2.11. The first-order valence-corrected chi connectivity index (χ1v) is 5.86. The van der Waals surface area contributed by atoms with Crippen molar-refractivity contribution < 1.29 is 14.9 Å². The van der Waals surface area contributed by atoms with E-state index in [0.717, 1.165) is 11.3 Å². The van der Waals surface area contributed by atoms with Crippen molar-refractivity contribution in [2.75, 3.05) is 6.61 Å². The van der Waals surface area contributed by atoms with Crippen LogP contribution < -0.4 is 4.74 Å². The van der Waals surface area contributed by atoms with Crippen molar-refractivity contribution in [3.8, 4) is 5.75 Å². The van der Waals surface area contributed by atoms with Crippen molar-refractivity contribution in [2.24, 2.45) is 0 Å². The van der Waals surface area contributed by atoms with Crippen LogP contribution in [0.5, 0.6) is 5.75 Å². The van der Waals surface area contributed by atoms with Gasteiger partial charge in [-0.15, -0.1) is 0 Å². The smallest absolute Gasteiger partial charge is 0.119 e. The van der Waals surface area contributed by atoms with Crippen molar-refractivity contribution in [1.29, 1.82) is 0 Å². The van der Waals surface area contributed by atoms with E-state index in [-0.39, 0.29) is 13.2 Å². The Kier molecular flexibility index (Phi) is 4.34. The normalized spacial score (nSPS) is 12.1. The van der Waals surface area contributed by atoms with Crippen molar-refractivity contribution >= 4 is 0 Å². The Bertz CT molecular complexity index is 482. The Morgan fingerprint density at radius 2 is 1.61 bits per heavy atom. The molecule has 0 fully saturated rings. The Hall–Kier alpha value is -1.84. The summed E-state index contributed by atoms with van der Waals surface area (Å²) in [7, 11) is 0. The molecule has 2 aromatic rings. The summed E-state index contributed by atoms with van der Waals surface area (Å²) in [6.07, 6.45) is -0.742. The highest BCUT2D eigenvalue weighted by molar-refractivity contribution is 5.29. The number of para-hydroxylation sites is 1. The molecule has 0 aliphatic heterocycles. The molecule has 0 saturated carbocycles. The Labute approximate surface area is 106 Å². The van der Waals surface area contributed by atoms with Gasteiger partial charge in [-0.2, -0.15) is 0 Å². The number of hydrogen-bond donors (Lipinski definition) is 2. The monoisotopic (exact) mass is 244 g/mol. The lowest BCUT2D eigenvalue weighted by atomic mass is 10.0. The van der Waals surface area contributed by atoms with E-state index in [2.05, 4.69) is 0 Å². The maximum Gasteiger partial charge on any atom is 0.119 e. The van der Waals surface area contributed by atoms with Crippen LogP contribution in [-0.4, -0.2) is 16.8 Å². The summed E-state index contributed by atoms with van der Waals surface area (Å²) < 4.78 is 5.49. The quantitative estimate of drug-likeness (QED) is 0.848. The minimum atomic E-state index is -0.742. The number of hydrogen-bond acceptors (Lipinski definition) is 3. The fraction of sp³-hybridized carbons (Fsp3) is 0.200. The highest BCUT2D eigenvalue weighted by Crippen LogP contribution is 2.19. The van der Waals surface area contributed by atoms with E-state index in [0.29, 0.717) is 5.56 Å². The average Bonchev–Trinajstić information content (AvgIpc) is 2.45. The average molecular weight is 244 g/mol. The van der Waals surface area contributed by atoms with Crippen LogP contribution in [0, 0.1) is 0 Å². The highest BCUT2D eigenvalue weighted by Gasteiger charge is 2.12. The van der Waals surface area contributed by atoms with E-state index in [1.165, 1.54) is 0 Å². The molecule has 0 saturated heterocycles. The van der Waals surface area contributed by atoms with E-state index in [1.807, 2.05) is 42.5 Å². The molecular formula is C15H16O3. The molecule has 3 heteroatoms. The Balaban J connectivity index is 2.01. The summed E-state index contributed by atoms with van der Waals surface area (Å²) in [6.45, 7) is 0.0829. The van der Waals surface area contributed by atoms with Gasteiger partial charge in [-0.05, 0) is 23.3 Å². The maximum atomic E-state index is 10.1. The molecule has 0 spiro atoms. The summed E-state index contributed by atoms with van der Waals surface area (Å²) in [6, 6.07) is 16.6. The van der Waals surface area contributed by atoms with Gasteiger partial charge < -0.3 is 14.9 Å². The molecule has 0 aliphatic carbocycles. The number of aliphatic hydroxyl groups excluding tert-OH is 2. The lowest BCUT2D eigenvalue weighted by Gasteiger charge is -2.15. The number of benzene rings is 2. The molecule has 2 aromatic carbocycles. The molecule has 0 heterocycles. The topological polar surface area (TPSA) is 49.7 Å². The number of aliphatic hydroxyl groups is 2. The predicted molar refractivity (Wildman–Crippen MR) is 69.3 cm³/mol. The molecule has 1 atom stereocenters. The molecule has 2 rings (SSSR count). The molecule has 2 N–H and O–H groups in total. The van der Waals surface area contributed by atoms with Gasteiger partial charge >= 0.3 is 0 Å².